The van der Waals surface area contributed by atoms with Crippen molar-refractivity contribution >= 4 is 39.4 Å². The molecule has 156 valence electrons. The number of non-ortho nitro benzene ring substituents is 1. The Kier molecular flexibility index (Phi) is 5.27. The predicted molar refractivity (Wildman–Crippen MR) is 126 cm³/mol. The van der Waals surface area contributed by atoms with Crippen LogP contribution in [-0.2, 0) is 6.54 Å². The number of nitrogens with zero attached hydrogens (tertiary/aromatic N) is 5. The van der Waals surface area contributed by atoms with Crippen LogP contribution in [0.3, 0.4) is 0 Å². The summed E-state index contributed by atoms with van der Waals surface area (Å²) in [5.41, 5.74) is 4.53. The first-order chi connectivity index (χ1) is 15.7. The van der Waals surface area contributed by atoms with Gasteiger partial charge in [0.25, 0.3) is 5.69 Å². The summed E-state index contributed by atoms with van der Waals surface area (Å²) in [7, 11) is 0. The second-order valence-electron chi connectivity index (χ2n) is 7.15. The van der Waals surface area contributed by atoms with Gasteiger partial charge < -0.3 is 0 Å². The number of rotatable bonds is 6. The van der Waals surface area contributed by atoms with E-state index in [2.05, 4.69) is 22.1 Å². The molecule has 0 radical (unpaired) electrons. The summed E-state index contributed by atoms with van der Waals surface area (Å²) in [4.78, 5) is 19.4. The molecule has 2 aromatic carbocycles. The Balaban J connectivity index is 1.49. The second-order valence-corrected chi connectivity index (χ2v) is 8.21. The number of benzene rings is 2. The molecular weight excluding hydrogens is 422 g/mol. The van der Waals surface area contributed by atoms with Crippen molar-refractivity contribution in [2.45, 2.75) is 6.54 Å². The summed E-state index contributed by atoms with van der Waals surface area (Å²) >= 11 is 1.49. The van der Waals surface area contributed by atoms with Crippen molar-refractivity contribution in [3.8, 4) is 11.3 Å². The number of hydrogen-bond donors (Lipinski definition) is 0. The molecule has 32 heavy (non-hydrogen) atoms. The van der Waals surface area contributed by atoms with E-state index in [0.717, 1.165) is 32.1 Å². The molecule has 0 spiro atoms. The van der Waals surface area contributed by atoms with Crippen LogP contribution in [0.2, 0.25) is 0 Å². The van der Waals surface area contributed by atoms with E-state index in [1.54, 1.807) is 18.5 Å². The smallest absolute Gasteiger partial charge is 0.267 e. The van der Waals surface area contributed by atoms with Gasteiger partial charge in [0.2, 0.25) is 0 Å². The molecule has 0 aliphatic heterocycles. The van der Waals surface area contributed by atoms with Crippen molar-refractivity contribution < 1.29 is 4.92 Å². The monoisotopic (exact) mass is 439 g/mol. The van der Waals surface area contributed by atoms with Gasteiger partial charge in [0.05, 0.1) is 21.7 Å². The van der Waals surface area contributed by atoms with Gasteiger partial charge in [-0.15, -0.1) is 11.3 Å². The third-order valence-corrected chi connectivity index (χ3v) is 5.92. The first kappa shape index (κ1) is 19.8. The highest BCUT2D eigenvalue weighted by molar-refractivity contribution is 7.19. The van der Waals surface area contributed by atoms with Crippen LogP contribution >= 0.6 is 11.3 Å². The van der Waals surface area contributed by atoms with Crippen LogP contribution in [0.15, 0.2) is 79.3 Å². The van der Waals surface area contributed by atoms with Crippen LogP contribution in [-0.4, -0.2) is 24.7 Å². The Bertz CT molecular complexity index is 1430. The van der Waals surface area contributed by atoms with Crippen LogP contribution in [0.1, 0.15) is 16.1 Å². The van der Waals surface area contributed by atoms with Gasteiger partial charge in [0.15, 0.2) is 0 Å². The van der Waals surface area contributed by atoms with Gasteiger partial charge in [-0.25, -0.2) is 4.98 Å². The van der Waals surface area contributed by atoms with Crippen LogP contribution in [0, 0.1) is 10.1 Å². The average molecular weight is 440 g/mol. The van der Waals surface area contributed by atoms with Gasteiger partial charge in [0.1, 0.15) is 10.7 Å². The van der Waals surface area contributed by atoms with Gasteiger partial charge in [-0.2, -0.15) is 5.10 Å². The summed E-state index contributed by atoms with van der Waals surface area (Å²) in [6.45, 7) is 0.659. The van der Waals surface area contributed by atoms with Gasteiger partial charge in [-0.05, 0) is 35.9 Å². The average Bonchev–Trinajstić information content (AvgIpc) is 3.41. The highest BCUT2D eigenvalue weighted by Gasteiger charge is 2.12. The Morgan fingerprint density at radius 3 is 2.72 bits per heavy atom. The minimum atomic E-state index is -0.407. The van der Waals surface area contributed by atoms with E-state index < -0.39 is 4.92 Å². The largest absolute Gasteiger partial charge is 0.271 e. The highest BCUT2D eigenvalue weighted by atomic mass is 32.1. The fourth-order valence-electron chi connectivity index (χ4n) is 3.42. The lowest BCUT2D eigenvalue weighted by atomic mass is 10.1. The third-order valence-electron chi connectivity index (χ3n) is 4.92. The highest BCUT2D eigenvalue weighted by Crippen LogP contribution is 2.28. The molecule has 0 N–H and O–H groups in total. The molecule has 0 bridgehead atoms. The maximum atomic E-state index is 11.0. The topological polar surface area (TPSA) is 86.7 Å². The van der Waals surface area contributed by atoms with Crippen molar-refractivity contribution in [3.63, 3.8) is 0 Å². The Morgan fingerprint density at radius 2 is 1.94 bits per heavy atom. The zero-order chi connectivity index (χ0) is 21.9. The lowest BCUT2D eigenvalue weighted by molar-refractivity contribution is -0.384. The molecule has 0 fully saturated rings. The summed E-state index contributed by atoms with van der Waals surface area (Å²) in [6.07, 6.45) is 9.43. The van der Waals surface area contributed by atoms with E-state index in [1.807, 2.05) is 53.4 Å². The Morgan fingerprint density at radius 1 is 1.06 bits per heavy atom. The third kappa shape index (κ3) is 4.17. The van der Waals surface area contributed by atoms with Crippen LogP contribution in [0.4, 0.5) is 5.69 Å². The molecule has 0 aliphatic rings. The fourth-order valence-corrected chi connectivity index (χ4v) is 4.27. The van der Waals surface area contributed by atoms with E-state index in [1.165, 1.54) is 23.5 Å². The fraction of sp³-hybridized carbons (Fsp3) is 0.0417. The van der Waals surface area contributed by atoms with Crippen LogP contribution < -0.4 is 0 Å². The number of pyridine rings is 1. The molecule has 5 aromatic rings. The van der Waals surface area contributed by atoms with E-state index in [4.69, 9.17) is 5.10 Å². The summed E-state index contributed by atoms with van der Waals surface area (Å²) in [5.74, 6) is 0. The number of fused-ring (bicyclic) bond motifs is 1. The quantitative estimate of drug-likeness (QED) is 0.251. The predicted octanol–water partition coefficient (Wildman–Crippen LogP) is 5.68. The maximum Gasteiger partial charge on any atom is 0.271 e. The Labute approximate surface area is 187 Å². The van der Waals surface area contributed by atoms with Crippen LogP contribution in [0.5, 0.6) is 0 Å². The normalized spacial score (nSPS) is 11.4. The molecule has 7 nitrogen and oxygen atoms in total. The molecule has 3 heterocycles. The van der Waals surface area contributed by atoms with E-state index in [-0.39, 0.29) is 5.69 Å². The minimum absolute atomic E-state index is 0.0411. The van der Waals surface area contributed by atoms with Gasteiger partial charge in [-0.1, -0.05) is 30.3 Å². The lowest BCUT2D eigenvalue weighted by Gasteiger charge is -2.01. The second kappa shape index (κ2) is 8.52. The van der Waals surface area contributed by atoms with Crippen molar-refractivity contribution in [1.29, 1.82) is 0 Å². The Hall–Kier alpha value is -4.17. The van der Waals surface area contributed by atoms with Crippen molar-refractivity contribution in [2.24, 2.45) is 0 Å². The SMILES string of the molecule is O=[N+]([O-])c1ccc2sc(/C=C/c3cn(Cc4ccccc4)nc3-c3cccnc3)nc2c1. The van der Waals surface area contributed by atoms with Gasteiger partial charge >= 0.3 is 0 Å². The van der Waals surface area contributed by atoms with E-state index >= 15 is 0 Å². The first-order valence-electron chi connectivity index (χ1n) is 9.90. The van der Waals surface area contributed by atoms with Gasteiger partial charge in [-0.3, -0.25) is 19.8 Å². The number of hydrogen-bond acceptors (Lipinski definition) is 6. The molecule has 0 saturated carbocycles. The lowest BCUT2D eigenvalue weighted by Crippen LogP contribution is -2.00. The van der Waals surface area contributed by atoms with Crippen molar-refractivity contribution in [2.75, 3.05) is 0 Å². The number of aromatic nitrogens is 4. The van der Waals surface area contributed by atoms with Crippen LogP contribution in [0.25, 0.3) is 33.6 Å². The van der Waals surface area contributed by atoms with E-state index in [9.17, 15) is 10.1 Å². The summed E-state index contributed by atoms with van der Waals surface area (Å²) < 4.78 is 2.82. The van der Waals surface area contributed by atoms with Crippen molar-refractivity contribution in [1.82, 2.24) is 19.7 Å². The van der Waals surface area contributed by atoms with Gasteiger partial charge in [0, 0.05) is 41.9 Å². The number of nitro groups is 1. The molecule has 5 rings (SSSR count). The standard InChI is InChI=1S/C24H17N5O2S/c30-29(31)20-9-10-22-21(13-20)26-23(32-22)11-8-19-16-28(15-17-5-2-1-3-6-17)27-24(19)18-7-4-12-25-14-18/h1-14,16H,15H2/b11-8+. The maximum absolute atomic E-state index is 11.0. The summed E-state index contributed by atoms with van der Waals surface area (Å²) in [6, 6.07) is 18.8. The molecule has 0 atom stereocenters. The molecule has 8 heteroatoms. The summed E-state index contributed by atoms with van der Waals surface area (Å²) in [5, 5.41) is 16.6. The first-order valence-corrected chi connectivity index (χ1v) is 10.7. The molecule has 3 aromatic heterocycles. The molecular formula is C24H17N5O2S. The number of nitro benzene ring substituents is 1. The zero-order valence-corrected chi connectivity index (χ0v) is 17.6. The molecule has 0 amide bonds. The molecule has 0 unspecified atom stereocenters. The molecule has 0 saturated heterocycles. The molecule has 0 aliphatic carbocycles. The number of thiazole rings is 1. The minimum Gasteiger partial charge on any atom is -0.267 e. The zero-order valence-electron chi connectivity index (χ0n) is 16.8. The van der Waals surface area contributed by atoms with Crippen molar-refractivity contribution in [3.05, 3.63) is 106 Å². The van der Waals surface area contributed by atoms with E-state index in [0.29, 0.717) is 12.1 Å².